The van der Waals surface area contributed by atoms with Gasteiger partial charge in [0.05, 0.1) is 24.1 Å². The predicted octanol–water partition coefficient (Wildman–Crippen LogP) is 2.83. The van der Waals surface area contributed by atoms with Crippen LogP contribution < -0.4 is 5.32 Å². The van der Waals surface area contributed by atoms with Crippen molar-refractivity contribution in [1.29, 1.82) is 0 Å². The molecule has 0 saturated carbocycles. The highest BCUT2D eigenvalue weighted by molar-refractivity contribution is 7.14. The number of rotatable bonds is 5. The summed E-state index contributed by atoms with van der Waals surface area (Å²) >= 11 is 1.43. The van der Waals surface area contributed by atoms with Gasteiger partial charge in [-0.05, 0) is 26.2 Å². The van der Waals surface area contributed by atoms with Gasteiger partial charge in [-0.25, -0.2) is 4.98 Å². The Bertz CT molecular complexity index is 652. The maximum absolute atomic E-state index is 12.0. The zero-order valence-corrected chi connectivity index (χ0v) is 13.6. The fourth-order valence-corrected chi connectivity index (χ4v) is 3.32. The Kier molecular flexibility index (Phi) is 4.54. The van der Waals surface area contributed by atoms with E-state index in [0.29, 0.717) is 17.7 Å². The van der Waals surface area contributed by atoms with Crippen LogP contribution in [0.25, 0.3) is 11.3 Å². The van der Waals surface area contributed by atoms with Gasteiger partial charge in [-0.3, -0.25) is 9.48 Å². The van der Waals surface area contributed by atoms with Crippen LogP contribution in [-0.2, 0) is 16.6 Å². The van der Waals surface area contributed by atoms with E-state index in [4.69, 9.17) is 4.74 Å². The average Bonchev–Trinajstić information content (AvgIpc) is 3.18. The second kappa shape index (κ2) is 6.58. The summed E-state index contributed by atoms with van der Waals surface area (Å²) in [6.07, 6.45) is 7.61. The molecule has 0 spiro atoms. The normalized spacial score (nSPS) is 21.2. The van der Waals surface area contributed by atoms with Gasteiger partial charge in [0.25, 0.3) is 0 Å². The van der Waals surface area contributed by atoms with Crippen molar-refractivity contribution in [3.8, 4) is 11.3 Å². The average molecular weight is 320 g/mol. The number of aromatic nitrogens is 3. The molecule has 0 aromatic carbocycles. The van der Waals surface area contributed by atoms with Gasteiger partial charge in [0.15, 0.2) is 5.13 Å². The second-order valence-corrected chi connectivity index (χ2v) is 6.53. The largest absolute Gasteiger partial charge is 0.375 e. The molecule has 2 aromatic heterocycles. The molecule has 2 aromatic rings. The fourth-order valence-electron chi connectivity index (χ4n) is 2.59. The van der Waals surface area contributed by atoms with E-state index in [0.717, 1.165) is 30.5 Å². The van der Waals surface area contributed by atoms with E-state index in [2.05, 4.69) is 22.3 Å². The molecule has 7 heteroatoms. The van der Waals surface area contributed by atoms with Crippen LogP contribution in [0.5, 0.6) is 0 Å². The highest BCUT2D eigenvalue weighted by atomic mass is 32.1. The lowest BCUT2D eigenvalue weighted by Gasteiger charge is -2.10. The summed E-state index contributed by atoms with van der Waals surface area (Å²) in [4.78, 5) is 16.4. The summed E-state index contributed by atoms with van der Waals surface area (Å²) < 4.78 is 7.46. The lowest BCUT2D eigenvalue weighted by Crippen LogP contribution is -2.15. The number of aryl methyl sites for hydroxylation is 1. The Morgan fingerprint density at radius 2 is 2.41 bits per heavy atom. The third kappa shape index (κ3) is 3.72. The first kappa shape index (κ1) is 15.2. The Morgan fingerprint density at radius 3 is 3.09 bits per heavy atom. The van der Waals surface area contributed by atoms with Crippen LogP contribution in [0.2, 0.25) is 0 Å². The molecule has 118 valence electrons. The van der Waals surface area contributed by atoms with Crippen molar-refractivity contribution in [3.05, 3.63) is 17.8 Å². The summed E-state index contributed by atoms with van der Waals surface area (Å²) in [5.74, 6) is -0.00441. The fraction of sp³-hybridized carbons (Fsp3) is 0.533. The molecule has 1 amide bonds. The first-order valence-corrected chi connectivity index (χ1v) is 8.38. The second-order valence-electron chi connectivity index (χ2n) is 5.67. The zero-order valence-electron chi connectivity index (χ0n) is 12.8. The minimum atomic E-state index is -0.00441. The third-order valence-corrected chi connectivity index (χ3v) is 4.52. The zero-order chi connectivity index (χ0) is 15.5. The molecule has 6 nitrogen and oxygen atoms in total. The van der Waals surface area contributed by atoms with Gasteiger partial charge in [-0.2, -0.15) is 5.10 Å². The van der Waals surface area contributed by atoms with Gasteiger partial charge < -0.3 is 10.1 Å². The van der Waals surface area contributed by atoms with Crippen molar-refractivity contribution in [1.82, 2.24) is 14.8 Å². The van der Waals surface area contributed by atoms with Crippen LogP contribution in [-0.4, -0.2) is 32.9 Å². The van der Waals surface area contributed by atoms with Gasteiger partial charge in [0.2, 0.25) is 5.91 Å². The summed E-state index contributed by atoms with van der Waals surface area (Å²) in [5.41, 5.74) is 1.79. The number of ether oxygens (including phenoxy) is 1. The smallest absolute Gasteiger partial charge is 0.226 e. The molecule has 3 rings (SSSR count). The number of carbonyl (C=O) groups excluding carboxylic acids is 1. The Balaban J connectivity index is 1.50. The van der Waals surface area contributed by atoms with Crippen molar-refractivity contribution in [2.45, 2.75) is 44.8 Å². The molecule has 0 radical (unpaired) electrons. The molecule has 1 aliphatic heterocycles. The number of nitrogens with one attached hydrogen (secondary N) is 1. The van der Waals surface area contributed by atoms with Crippen molar-refractivity contribution < 1.29 is 9.53 Å². The SMILES string of the molecule is CC1CCC(CCC(=O)Nc2nc(-c3cnn(C)c3)cs2)O1. The molecule has 22 heavy (non-hydrogen) atoms. The number of hydrogen-bond acceptors (Lipinski definition) is 5. The number of amides is 1. The Labute approximate surface area is 133 Å². The van der Waals surface area contributed by atoms with E-state index in [1.54, 1.807) is 10.9 Å². The lowest BCUT2D eigenvalue weighted by molar-refractivity contribution is -0.116. The molecule has 1 fully saturated rings. The summed E-state index contributed by atoms with van der Waals surface area (Å²) in [6.45, 7) is 2.08. The quantitative estimate of drug-likeness (QED) is 0.920. The highest BCUT2D eigenvalue weighted by Gasteiger charge is 2.22. The van der Waals surface area contributed by atoms with E-state index >= 15 is 0 Å². The van der Waals surface area contributed by atoms with E-state index in [9.17, 15) is 4.79 Å². The molecular formula is C15H20N4O2S. The lowest BCUT2D eigenvalue weighted by atomic mass is 10.1. The molecule has 1 aliphatic rings. The molecule has 0 aliphatic carbocycles. The molecule has 2 unspecified atom stereocenters. The van der Waals surface area contributed by atoms with Crippen molar-refractivity contribution in [2.24, 2.45) is 7.05 Å². The molecule has 1 saturated heterocycles. The monoisotopic (exact) mass is 320 g/mol. The first-order chi connectivity index (χ1) is 10.6. The molecule has 2 atom stereocenters. The summed E-state index contributed by atoms with van der Waals surface area (Å²) in [7, 11) is 1.87. The number of hydrogen-bond donors (Lipinski definition) is 1. The molecule has 1 N–H and O–H groups in total. The van der Waals surface area contributed by atoms with E-state index in [-0.39, 0.29) is 12.0 Å². The molecule has 3 heterocycles. The van der Waals surface area contributed by atoms with Gasteiger partial charge in [-0.15, -0.1) is 11.3 Å². The summed E-state index contributed by atoms with van der Waals surface area (Å²) in [6, 6.07) is 0. The topological polar surface area (TPSA) is 69.0 Å². The van der Waals surface area contributed by atoms with Crippen molar-refractivity contribution in [3.63, 3.8) is 0 Å². The van der Waals surface area contributed by atoms with E-state index in [1.807, 2.05) is 18.6 Å². The van der Waals surface area contributed by atoms with Gasteiger partial charge in [-0.1, -0.05) is 0 Å². The van der Waals surface area contributed by atoms with Crippen LogP contribution >= 0.6 is 11.3 Å². The summed E-state index contributed by atoms with van der Waals surface area (Å²) in [5, 5.41) is 9.54. The number of carbonyl (C=O) groups is 1. The van der Waals surface area contributed by atoms with Crippen LogP contribution in [0, 0.1) is 0 Å². The maximum Gasteiger partial charge on any atom is 0.226 e. The van der Waals surface area contributed by atoms with E-state index in [1.165, 1.54) is 11.3 Å². The predicted molar refractivity (Wildman–Crippen MR) is 85.7 cm³/mol. The number of thiazole rings is 1. The molecular weight excluding hydrogens is 300 g/mol. The maximum atomic E-state index is 12.0. The van der Waals surface area contributed by atoms with Gasteiger partial charge >= 0.3 is 0 Å². The first-order valence-electron chi connectivity index (χ1n) is 7.50. The standard InChI is InChI=1S/C15H20N4O2S/c1-10-3-4-12(21-10)5-6-14(20)18-15-17-13(9-22-15)11-7-16-19(2)8-11/h7-10,12H,3-6H2,1-2H3,(H,17,18,20). The van der Waals surface area contributed by atoms with Crippen molar-refractivity contribution in [2.75, 3.05) is 5.32 Å². The van der Waals surface area contributed by atoms with Crippen molar-refractivity contribution >= 4 is 22.4 Å². The minimum Gasteiger partial charge on any atom is -0.375 e. The van der Waals surface area contributed by atoms with Crippen LogP contribution in [0.1, 0.15) is 32.6 Å². The van der Waals surface area contributed by atoms with Gasteiger partial charge in [0.1, 0.15) is 0 Å². The third-order valence-electron chi connectivity index (χ3n) is 3.76. The number of anilines is 1. The van der Waals surface area contributed by atoms with Gasteiger partial charge in [0, 0.05) is 30.6 Å². The highest BCUT2D eigenvalue weighted by Crippen LogP contribution is 2.25. The van der Waals surface area contributed by atoms with E-state index < -0.39 is 0 Å². The van der Waals surface area contributed by atoms with Crippen LogP contribution in [0.3, 0.4) is 0 Å². The Hall–Kier alpha value is -1.73. The van der Waals surface area contributed by atoms with Crippen LogP contribution in [0.15, 0.2) is 17.8 Å². The minimum absolute atomic E-state index is 0.00441. The number of nitrogens with zero attached hydrogens (tertiary/aromatic N) is 3. The Morgan fingerprint density at radius 1 is 1.55 bits per heavy atom. The molecule has 0 bridgehead atoms. The van der Waals surface area contributed by atoms with Crippen LogP contribution in [0.4, 0.5) is 5.13 Å².